The van der Waals surface area contributed by atoms with Crippen molar-refractivity contribution >= 4 is 28.8 Å². The fraction of sp³-hybridized carbons (Fsp3) is 0.381. The number of thioether (sulfide) groups is 1. The van der Waals surface area contributed by atoms with Crippen LogP contribution in [-0.4, -0.2) is 61.1 Å². The fourth-order valence-corrected chi connectivity index (χ4v) is 4.30. The highest BCUT2D eigenvalue weighted by atomic mass is 32.2. The molecule has 8 heteroatoms. The van der Waals surface area contributed by atoms with E-state index in [0.29, 0.717) is 17.8 Å². The number of methoxy groups -OCH3 is 1. The van der Waals surface area contributed by atoms with Crippen LogP contribution in [0.2, 0.25) is 0 Å². The highest BCUT2D eigenvalue weighted by Gasteiger charge is 2.40. The van der Waals surface area contributed by atoms with Crippen LogP contribution in [0.5, 0.6) is 0 Å². The third kappa shape index (κ3) is 4.71. The summed E-state index contributed by atoms with van der Waals surface area (Å²) < 4.78 is 5.05. The monoisotopic (exact) mass is 414 g/mol. The van der Waals surface area contributed by atoms with Crippen molar-refractivity contribution in [2.24, 2.45) is 4.99 Å². The lowest BCUT2D eigenvalue weighted by molar-refractivity contribution is -0.136. The van der Waals surface area contributed by atoms with Crippen LogP contribution in [0.25, 0.3) is 0 Å². The largest absolute Gasteiger partial charge is 0.466 e. The fourth-order valence-electron chi connectivity index (χ4n) is 3.34. The lowest BCUT2D eigenvalue weighted by atomic mass is 9.94. The van der Waals surface area contributed by atoms with Crippen LogP contribution in [0.3, 0.4) is 0 Å². The number of rotatable bonds is 7. The van der Waals surface area contributed by atoms with E-state index in [9.17, 15) is 9.59 Å². The number of hydrogen-bond donors (Lipinski definition) is 1. The average molecular weight is 415 g/mol. The number of likely N-dealkylation sites (N-methyl/N-ethyl adjacent to an activating group) is 1. The second kappa shape index (κ2) is 9.28. The second-order valence-corrected chi connectivity index (χ2v) is 7.96. The molecule has 0 fully saturated rings. The number of esters is 1. The smallest absolute Gasteiger partial charge is 0.338 e. The number of aliphatic imine (C=N–C) groups is 1. The topological polar surface area (TPSA) is 74.2 Å². The summed E-state index contributed by atoms with van der Waals surface area (Å²) in [4.78, 5) is 33.7. The number of amides is 1. The number of fused-ring (bicyclic) bond motifs is 1. The van der Waals surface area contributed by atoms with Crippen LogP contribution >= 0.6 is 11.8 Å². The van der Waals surface area contributed by atoms with Crippen LogP contribution in [0.15, 0.2) is 57.7 Å². The van der Waals surface area contributed by atoms with Gasteiger partial charge in [0.15, 0.2) is 5.17 Å². The number of nitrogens with one attached hydrogen (secondary N) is 1. The van der Waals surface area contributed by atoms with Crippen LogP contribution < -0.4 is 5.32 Å². The molecule has 1 N–H and O–H groups in total. The minimum absolute atomic E-state index is 0.0577. The summed E-state index contributed by atoms with van der Waals surface area (Å²) >= 11 is 1.47. The number of carbonyl (C=O) groups is 2. The van der Waals surface area contributed by atoms with Crippen molar-refractivity contribution in [1.82, 2.24) is 15.1 Å². The van der Waals surface area contributed by atoms with E-state index in [-0.39, 0.29) is 18.4 Å². The minimum Gasteiger partial charge on any atom is -0.466 e. The maximum atomic E-state index is 12.6. The van der Waals surface area contributed by atoms with Gasteiger partial charge in [0.05, 0.1) is 30.8 Å². The predicted octanol–water partition coefficient (Wildman–Crippen LogP) is 2.50. The van der Waals surface area contributed by atoms with Gasteiger partial charge in [-0.15, -0.1) is 0 Å². The zero-order valence-electron chi connectivity index (χ0n) is 17.1. The third-order valence-electron chi connectivity index (χ3n) is 4.74. The predicted molar refractivity (Wildman–Crippen MR) is 115 cm³/mol. The molecule has 0 saturated carbocycles. The molecule has 3 rings (SSSR count). The lowest BCUT2D eigenvalue weighted by Gasteiger charge is -2.36. The molecular weight excluding hydrogens is 388 g/mol. The molecule has 0 aliphatic carbocycles. The van der Waals surface area contributed by atoms with Gasteiger partial charge in [-0.05, 0) is 32.0 Å². The summed E-state index contributed by atoms with van der Waals surface area (Å²) in [5, 5.41) is 5.65. The maximum absolute atomic E-state index is 12.6. The Kier molecular flexibility index (Phi) is 6.76. The van der Waals surface area contributed by atoms with Crippen molar-refractivity contribution < 1.29 is 14.3 Å². The van der Waals surface area contributed by atoms with Crippen LogP contribution in [0.4, 0.5) is 0 Å². The highest BCUT2D eigenvalue weighted by Crippen LogP contribution is 2.44. The van der Waals surface area contributed by atoms with Crippen molar-refractivity contribution in [1.29, 1.82) is 0 Å². The van der Waals surface area contributed by atoms with E-state index >= 15 is 0 Å². The maximum Gasteiger partial charge on any atom is 0.338 e. The zero-order chi connectivity index (χ0) is 21.0. The Morgan fingerprint density at radius 1 is 1.28 bits per heavy atom. The van der Waals surface area contributed by atoms with Gasteiger partial charge in [0.1, 0.15) is 0 Å². The molecule has 29 heavy (non-hydrogen) atoms. The number of allylic oxidation sites excluding steroid dienone is 1. The van der Waals surface area contributed by atoms with Crippen molar-refractivity contribution in [2.45, 2.75) is 19.4 Å². The van der Waals surface area contributed by atoms with E-state index in [1.165, 1.54) is 18.9 Å². The van der Waals surface area contributed by atoms with Gasteiger partial charge in [-0.1, -0.05) is 42.1 Å². The summed E-state index contributed by atoms with van der Waals surface area (Å²) in [5.41, 5.74) is 2.89. The molecule has 7 nitrogen and oxygen atoms in total. The highest BCUT2D eigenvalue weighted by molar-refractivity contribution is 8.16. The average Bonchev–Trinajstić information content (AvgIpc) is 3.08. The molecular formula is C21H26N4O3S. The quantitative estimate of drug-likeness (QED) is 0.691. The third-order valence-corrected chi connectivity index (χ3v) is 5.63. The Hall–Kier alpha value is -2.58. The number of hydrogen-bond acceptors (Lipinski definition) is 7. The standard InChI is InChI=1S/C21H26N4O3S/c1-14-18(20(27)28-4)19(15-8-6-5-7-9-15)25-16(13-29-21(25)23-14)12-17(26)22-10-11-24(2)3/h5-9,13,19H,10-12H2,1-4H3,(H,22,26). The van der Waals surface area contributed by atoms with Gasteiger partial charge < -0.3 is 19.9 Å². The van der Waals surface area contributed by atoms with E-state index in [0.717, 1.165) is 23.0 Å². The first kappa shape index (κ1) is 21.1. The van der Waals surface area contributed by atoms with Crippen LogP contribution in [0, 0.1) is 0 Å². The van der Waals surface area contributed by atoms with Crippen molar-refractivity contribution in [3.8, 4) is 0 Å². The van der Waals surface area contributed by atoms with Gasteiger partial charge in [0.2, 0.25) is 5.91 Å². The molecule has 0 radical (unpaired) electrons. The molecule has 1 aromatic rings. The number of amidine groups is 1. The first-order chi connectivity index (χ1) is 13.9. The molecule has 0 bridgehead atoms. The van der Waals surface area contributed by atoms with Gasteiger partial charge in [-0.25, -0.2) is 9.79 Å². The van der Waals surface area contributed by atoms with E-state index in [2.05, 4.69) is 10.3 Å². The van der Waals surface area contributed by atoms with E-state index in [1.54, 1.807) is 0 Å². The summed E-state index contributed by atoms with van der Waals surface area (Å²) in [7, 11) is 5.30. The molecule has 0 spiro atoms. The second-order valence-electron chi connectivity index (χ2n) is 7.13. The number of nitrogens with zero attached hydrogens (tertiary/aromatic N) is 3. The Morgan fingerprint density at radius 3 is 2.66 bits per heavy atom. The van der Waals surface area contributed by atoms with Gasteiger partial charge in [-0.3, -0.25) is 4.79 Å². The first-order valence-corrected chi connectivity index (χ1v) is 10.3. The van der Waals surface area contributed by atoms with Gasteiger partial charge in [-0.2, -0.15) is 0 Å². The summed E-state index contributed by atoms with van der Waals surface area (Å²) in [6.07, 6.45) is 0.219. The Bertz CT molecular complexity index is 877. The summed E-state index contributed by atoms with van der Waals surface area (Å²) in [5.74, 6) is -0.469. The molecule has 2 aliphatic rings. The van der Waals surface area contributed by atoms with E-state index in [1.807, 2.05) is 66.6 Å². The summed E-state index contributed by atoms with van der Waals surface area (Å²) in [6, 6.07) is 9.37. The van der Waals surface area contributed by atoms with Gasteiger partial charge in [0.25, 0.3) is 0 Å². The Balaban J connectivity index is 1.88. The van der Waals surface area contributed by atoms with Gasteiger partial charge >= 0.3 is 5.97 Å². The van der Waals surface area contributed by atoms with Crippen molar-refractivity contribution in [3.05, 3.63) is 58.3 Å². The van der Waals surface area contributed by atoms with Crippen molar-refractivity contribution in [2.75, 3.05) is 34.3 Å². The molecule has 1 aromatic carbocycles. The Labute approximate surface area is 175 Å². The SMILES string of the molecule is COC(=O)C1=C(C)N=C2SC=C(CC(=O)NCCN(C)C)N2C1c1ccccc1. The molecule has 1 unspecified atom stereocenters. The zero-order valence-corrected chi connectivity index (χ0v) is 18.0. The number of benzene rings is 1. The van der Waals surface area contributed by atoms with Crippen LogP contribution in [0.1, 0.15) is 24.9 Å². The van der Waals surface area contributed by atoms with E-state index in [4.69, 9.17) is 4.74 Å². The van der Waals surface area contributed by atoms with Gasteiger partial charge in [0, 0.05) is 18.8 Å². The Morgan fingerprint density at radius 2 is 2.00 bits per heavy atom. The molecule has 154 valence electrons. The van der Waals surface area contributed by atoms with Crippen molar-refractivity contribution in [3.63, 3.8) is 0 Å². The van der Waals surface area contributed by atoms with Crippen LogP contribution in [-0.2, 0) is 14.3 Å². The molecule has 2 aliphatic heterocycles. The van der Waals surface area contributed by atoms with E-state index < -0.39 is 5.97 Å². The summed E-state index contributed by atoms with van der Waals surface area (Å²) in [6.45, 7) is 3.18. The number of carbonyl (C=O) groups excluding carboxylic acids is 2. The minimum atomic E-state index is -0.411. The molecule has 1 atom stereocenters. The molecule has 1 amide bonds. The lowest BCUT2D eigenvalue weighted by Crippen LogP contribution is -2.38. The molecule has 0 aromatic heterocycles. The first-order valence-electron chi connectivity index (χ1n) is 9.41. The molecule has 0 saturated heterocycles. The molecule has 2 heterocycles. The normalized spacial score (nSPS) is 18.4. The number of ether oxygens (including phenoxy) is 1.